The molecule has 0 unspecified atom stereocenters. The second-order valence-electron chi connectivity index (χ2n) is 4.24. The molecule has 0 spiro atoms. The minimum absolute atomic E-state index is 0.0150. The van der Waals surface area contributed by atoms with E-state index in [1.165, 1.54) is 0 Å². The van der Waals surface area contributed by atoms with E-state index in [4.69, 9.17) is 10.5 Å². The lowest BCUT2D eigenvalue weighted by molar-refractivity contribution is 0.367. The SMILES string of the molecule is COc1c(CC2(N)CC2)c(C)nn1C. The summed E-state index contributed by atoms with van der Waals surface area (Å²) < 4.78 is 7.09. The third kappa shape index (κ3) is 1.50. The van der Waals surface area contributed by atoms with Gasteiger partial charge in [0.2, 0.25) is 5.88 Å². The van der Waals surface area contributed by atoms with Crippen molar-refractivity contribution in [2.24, 2.45) is 12.8 Å². The topological polar surface area (TPSA) is 53.1 Å². The first-order valence-electron chi connectivity index (χ1n) is 4.91. The van der Waals surface area contributed by atoms with Gasteiger partial charge in [0.1, 0.15) is 0 Å². The van der Waals surface area contributed by atoms with Crippen molar-refractivity contribution in [3.63, 3.8) is 0 Å². The molecule has 0 amide bonds. The van der Waals surface area contributed by atoms with Crippen molar-refractivity contribution in [3.05, 3.63) is 11.3 Å². The molecule has 1 fully saturated rings. The Morgan fingerprint density at radius 3 is 2.71 bits per heavy atom. The van der Waals surface area contributed by atoms with Crippen LogP contribution in [0.5, 0.6) is 5.88 Å². The van der Waals surface area contributed by atoms with Crippen molar-refractivity contribution in [2.75, 3.05) is 7.11 Å². The van der Waals surface area contributed by atoms with E-state index < -0.39 is 0 Å². The fourth-order valence-corrected chi connectivity index (χ4v) is 1.83. The Morgan fingerprint density at radius 2 is 2.21 bits per heavy atom. The van der Waals surface area contributed by atoms with Crippen LogP contribution in [0.2, 0.25) is 0 Å². The van der Waals surface area contributed by atoms with Gasteiger partial charge in [-0.05, 0) is 26.2 Å². The lowest BCUT2D eigenvalue weighted by Crippen LogP contribution is -2.24. The van der Waals surface area contributed by atoms with Gasteiger partial charge >= 0.3 is 0 Å². The molecule has 4 heteroatoms. The Balaban J connectivity index is 2.30. The Hall–Kier alpha value is -1.03. The highest BCUT2D eigenvalue weighted by molar-refractivity contribution is 5.34. The van der Waals surface area contributed by atoms with E-state index in [2.05, 4.69) is 5.10 Å². The molecule has 1 aromatic heterocycles. The number of nitrogens with zero attached hydrogens (tertiary/aromatic N) is 2. The molecule has 1 aliphatic carbocycles. The van der Waals surface area contributed by atoms with Crippen molar-refractivity contribution in [1.82, 2.24) is 9.78 Å². The van der Waals surface area contributed by atoms with E-state index in [0.29, 0.717) is 0 Å². The average Bonchev–Trinajstić information content (AvgIpc) is 2.76. The van der Waals surface area contributed by atoms with Crippen molar-refractivity contribution in [3.8, 4) is 5.88 Å². The first-order chi connectivity index (χ1) is 6.56. The predicted molar refractivity (Wildman–Crippen MR) is 54.4 cm³/mol. The first kappa shape index (κ1) is 9.52. The molecule has 14 heavy (non-hydrogen) atoms. The standard InChI is InChI=1S/C10H17N3O/c1-7-8(6-10(11)4-5-10)9(14-3)13(2)12-7/h4-6,11H2,1-3H3. The summed E-state index contributed by atoms with van der Waals surface area (Å²) in [6, 6.07) is 0. The number of methoxy groups -OCH3 is 1. The van der Waals surface area contributed by atoms with Crippen LogP contribution in [0.4, 0.5) is 0 Å². The maximum absolute atomic E-state index is 6.09. The molecule has 1 saturated carbocycles. The minimum Gasteiger partial charge on any atom is -0.481 e. The van der Waals surface area contributed by atoms with Gasteiger partial charge in [0.25, 0.3) is 0 Å². The van der Waals surface area contributed by atoms with Crippen molar-refractivity contribution < 1.29 is 4.74 Å². The van der Waals surface area contributed by atoms with E-state index >= 15 is 0 Å². The molecule has 0 saturated heterocycles. The summed E-state index contributed by atoms with van der Waals surface area (Å²) in [6.07, 6.45) is 3.12. The van der Waals surface area contributed by atoms with Gasteiger partial charge in [0.15, 0.2) is 0 Å². The molecule has 4 nitrogen and oxygen atoms in total. The van der Waals surface area contributed by atoms with Gasteiger partial charge in [-0.25, -0.2) is 4.68 Å². The Morgan fingerprint density at radius 1 is 1.57 bits per heavy atom. The highest BCUT2D eigenvalue weighted by Gasteiger charge is 2.39. The highest BCUT2D eigenvalue weighted by Crippen LogP contribution is 2.38. The molecule has 0 radical (unpaired) electrons. The molecular weight excluding hydrogens is 178 g/mol. The van der Waals surface area contributed by atoms with E-state index in [1.54, 1.807) is 11.8 Å². The molecule has 0 aromatic carbocycles. The van der Waals surface area contributed by atoms with Crippen molar-refractivity contribution >= 4 is 0 Å². The monoisotopic (exact) mass is 195 g/mol. The van der Waals surface area contributed by atoms with Crippen LogP contribution in [0.3, 0.4) is 0 Å². The van der Waals surface area contributed by atoms with Crippen LogP contribution in [0, 0.1) is 6.92 Å². The highest BCUT2D eigenvalue weighted by atomic mass is 16.5. The van der Waals surface area contributed by atoms with Crippen LogP contribution >= 0.6 is 0 Å². The van der Waals surface area contributed by atoms with Gasteiger partial charge < -0.3 is 10.5 Å². The number of aryl methyl sites for hydroxylation is 2. The maximum atomic E-state index is 6.09. The van der Waals surface area contributed by atoms with E-state index in [0.717, 1.165) is 36.4 Å². The van der Waals surface area contributed by atoms with Gasteiger partial charge in [-0.1, -0.05) is 0 Å². The molecular formula is C10H17N3O. The summed E-state index contributed by atoms with van der Waals surface area (Å²) in [5.74, 6) is 0.847. The zero-order valence-corrected chi connectivity index (χ0v) is 9.00. The zero-order valence-electron chi connectivity index (χ0n) is 9.00. The van der Waals surface area contributed by atoms with Crippen molar-refractivity contribution in [2.45, 2.75) is 31.7 Å². The largest absolute Gasteiger partial charge is 0.481 e. The number of hydrogen-bond acceptors (Lipinski definition) is 3. The van der Waals surface area contributed by atoms with Crippen LogP contribution in [-0.2, 0) is 13.5 Å². The van der Waals surface area contributed by atoms with Gasteiger partial charge in [-0.3, -0.25) is 0 Å². The lowest BCUT2D eigenvalue weighted by atomic mass is 10.1. The van der Waals surface area contributed by atoms with E-state index in [9.17, 15) is 0 Å². The van der Waals surface area contributed by atoms with Crippen LogP contribution in [0.15, 0.2) is 0 Å². The summed E-state index contributed by atoms with van der Waals surface area (Å²) in [7, 11) is 3.57. The van der Waals surface area contributed by atoms with Crippen LogP contribution in [-0.4, -0.2) is 22.4 Å². The van der Waals surface area contributed by atoms with Gasteiger partial charge in [0, 0.05) is 18.2 Å². The lowest BCUT2D eigenvalue weighted by Gasteiger charge is -2.09. The summed E-state index contributed by atoms with van der Waals surface area (Å²) in [5, 5.41) is 4.33. The number of ether oxygens (including phenoxy) is 1. The summed E-state index contributed by atoms with van der Waals surface area (Å²) >= 11 is 0. The zero-order chi connectivity index (χ0) is 10.3. The fourth-order valence-electron chi connectivity index (χ4n) is 1.83. The number of hydrogen-bond donors (Lipinski definition) is 1. The maximum Gasteiger partial charge on any atom is 0.214 e. The second-order valence-corrected chi connectivity index (χ2v) is 4.24. The normalized spacial score (nSPS) is 18.3. The van der Waals surface area contributed by atoms with E-state index in [-0.39, 0.29) is 5.54 Å². The molecule has 0 bridgehead atoms. The molecule has 1 aliphatic rings. The second kappa shape index (κ2) is 2.98. The van der Waals surface area contributed by atoms with Gasteiger partial charge in [0.05, 0.1) is 12.8 Å². The quantitative estimate of drug-likeness (QED) is 0.775. The van der Waals surface area contributed by atoms with Gasteiger partial charge in [-0.2, -0.15) is 5.10 Å². The summed E-state index contributed by atoms with van der Waals surface area (Å²) in [6.45, 7) is 2.00. The molecule has 1 heterocycles. The molecule has 2 N–H and O–H groups in total. The molecule has 0 aliphatic heterocycles. The van der Waals surface area contributed by atoms with Crippen LogP contribution < -0.4 is 10.5 Å². The average molecular weight is 195 g/mol. The first-order valence-corrected chi connectivity index (χ1v) is 4.91. The van der Waals surface area contributed by atoms with Gasteiger partial charge in [-0.15, -0.1) is 0 Å². The van der Waals surface area contributed by atoms with E-state index in [1.807, 2.05) is 14.0 Å². The third-order valence-electron chi connectivity index (χ3n) is 2.90. The summed E-state index contributed by atoms with van der Waals surface area (Å²) in [4.78, 5) is 0. The number of nitrogens with two attached hydrogens (primary N) is 1. The molecule has 1 aromatic rings. The van der Waals surface area contributed by atoms with Crippen LogP contribution in [0.25, 0.3) is 0 Å². The smallest absolute Gasteiger partial charge is 0.214 e. The predicted octanol–water partition coefficient (Wildman–Crippen LogP) is 0.771. The Labute approximate surface area is 84.0 Å². The minimum atomic E-state index is 0.0150. The molecule has 2 rings (SSSR count). The Bertz CT molecular complexity index is 352. The summed E-state index contributed by atoms with van der Waals surface area (Å²) in [5.41, 5.74) is 8.29. The number of rotatable bonds is 3. The van der Waals surface area contributed by atoms with Crippen LogP contribution in [0.1, 0.15) is 24.1 Å². The van der Waals surface area contributed by atoms with Crippen molar-refractivity contribution in [1.29, 1.82) is 0 Å². The Kier molecular flexibility index (Phi) is 2.03. The number of aromatic nitrogens is 2. The molecule has 0 atom stereocenters. The fraction of sp³-hybridized carbons (Fsp3) is 0.700. The third-order valence-corrected chi connectivity index (χ3v) is 2.90. The molecule has 78 valence electrons.